The van der Waals surface area contributed by atoms with Gasteiger partial charge >= 0.3 is 0 Å². The number of anilines is 1. The summed E-state index contributed by atoms with van der Waals surface area (Å²) < 4.78 is 17.4. The van der Waals surface area contributed by atoms with Crippen molar-refractivity contribution in [3.05, 3.63) is 6.07 Å². The normalized spacial score (nSPS) is 10.1. The molecule has 7 heteroatoms. The van der Waals surface area contributed by atoms with Crippen LogP contribution in [0, 0.1) is 0 Å². The Morgan fingerprint density at radius 2 is 2.21 bits per heavy atom. The van der Waals surface area contributed by atoms with Crippen LogP contribution in [0.15, 0.2) is 6.07 Å². The molecule has 14 heavy (non-hydrogen) atoms. The summed E-state index contributed by atoms with van der Waals surface area (Å²) >= 11 is 2.53. The molecule has 0 saturated carbocycles. The lowest BCUT2D eigenvalue weighted by molar-refractivity contribution is 0.403. The molecule has 0 spiro atoms. The van der Waals surface area contributed by atoms with Crippen molar-refractivity contribution in [3.8, 4) is 16.5 Å². The molecule has 0 atom stereocenters. The van der Waals surface area contributed by atoms with Crippen molar-refractivity contribution >= 4 is 29.1 Å². The molecule has 0 fully saturated rings. The summed E-state index contributed by atoms with van der Waals surface area (Å²) in [5, 5.41) is 2.98. The molecule has 0 aromatic carbocycles. The van der Waals surface area contributed by atoms with E-state index in [9.17, 15) is 0 Å². The number of methoxy groups -OCH3 is 1. The minimum absolute atomic E-state index is 0.611. The van der Waals surface area contributed by atoms with Gasteiger partial charge in [-0.05, 0) is 11.5 Å². The molecule has 5 nitrogen and oxygen atoms in total. The van der Waals surface area contributed by atoms with Gasteiger partial charge in [-0.3, -0.25) is 0 Å². The molecule has 2 aromatic heterocycles. The Kier molecular flexibility index (Phi) is 2.60. The van der Waals surface area contributed by atoms with E-state index in [4.69, 9.17) is 4.74 Å². The molecule has 1 N–H and O–H groups in total. The molecule has 0 aliphatic rings. The highest BCUT2D eigenvalue weighted by molar-refractivity contribution is 7.10. The van der Waals surface area contributed by atoms with Crippen molar-refractivity contribution in [3.63, 3.8) is 0 Å². The second kappa shape index (κ2) is 3.89. The monoisotopic (exact) mass is 228 g/mol. The molecule has 0 saturated heterocycles. The van der Waals surface area contributed by atoms with Gasteiger partial charge in [0, 0.05) is 13.1 Å². The minimum atomic E-state index is 0.611. The zero-order chi connectivity index (χ0) is 9.97. The van der Waals surface area contributed by atoms with E-state index in [1.807, 2.05) is 13.1 Å². The van der Waals surface area contributed by atoms with Crippen LogP contribution in [0.1, 0.15) is 0 Å². The third-order valence-corrected chi connectivity index (χ3v) is 2.96. The Morgan fingerprint density at radius 1 is 1.36 bits per heavy atom. The molecular formula is C7H8N4OS2. The maximum absolute atomic E-state index is 5.00. The SMILES string of the molecule is CNc1nsnc1-c1cc(OC)ns1. The number of nitrogens with one attached hydrogen (secondary N) is 1. The van der Waals surface area contributed by atoms with Crippen molar-refractivity contribution in [2.75, 3.05) is 19.5 Å². The zero-order valence-corrected chi connectivity index (χ0v) is 9.28. The number of nitrogens with zero attached hydrogens (tertiary/aromatic N) is 3. The van der Waals surface area contributed by atoms with E-state index in [2.05, 4.69) is 18.4 Å². The Labute approximate surface area is 89.2 Å². The number of aromatic nitrogens is 3. The molecule has 0 aliphatic heterocycles. The summed E-state index contributed by atoms with van der Waals surface area (Å²) in [4.78, 5) is 0.958. The van der Waals surface area contributed by atoms with E-state index >= 15 is 0 Å². The Hall–Kier alpha value is -1.21. The zero-order valence-electron chi connectivity index (χ0n) is 7.64. The molecule has 0 radical (unpaired) electrons. The van der Waals surface area contributed by atoms with Crippen molar-refractivity contribution in [2.45, 2.75) is 0 Å². The van der Waals surface area contributed by atoms with Crippen molar-refractivity contribution < 1.29 is 4.74 Å². The smallest absolute Gasteiger partial charge is 0.225 e. The Bertz CT molecular complexity index is 425. The van der Waals surface area contributed by atoms with Gasteiger partial charge in [-0.2, -0.15) is 13.1 Å². The van der Waals surface area contributed by atoms with Gasteiger partial charge in [0.25, 0.3) is 0 Å². The number of hydrogen-bond donors (Lipinski definition) is 1. The molecule has 0 bridgehead atoms. The topological polar surface area (TPSA) is 59.9 Å². The lowest BCUT2D eigenvalue weighted by atomic mass is 10.3. The van der Waals surface area contributed by atoms with E-state index in [0.717, 1.165) is 16.4 Å². The summed E-state index contributed by atoms with van der Waals surface area (Å²) in [5.41, 5.74) is 0.832. The molecule has 74 valence electrons. The van der Waals surface area contributed by atoms with Crippen LogP contribution in [-0.4, -0.2) is 27.3 Å². The fourth-order valence-corrected chi connectivity index (χ4v) is 2.30. The highest BCUT2D eigenvalue weighted by Gasteiger charge is 2.12. The second-order valence-electron chi connectivity index (χ2n) is 2.44. The summed E-state index contributed by atoms with van der Waals surface area (Å²) in [6.45, 7) is 0. The largest absolute Gasteiger partial charge is 0.480 e. The van der Waals surface area contributed by atoms with Gasteiger partial charge in [-0.15, -0.1) is 0 Å². The standard InChI is InChI=1S/C7H8N4OS2/c1-8-7-6(10-14-11-7)4-3-5(12-2)9-13-4/h3H,1-2H3,(H,8,11). The number of hydrogen-bond acceptors (Lipinski definition) is 7. The van der Waals surface area contributed by atoms with E-state index < -0.39 is 0 Å². The van der Waals surface area contributed by atoms with Crippen LogP contribution in [-0.2, 0) is 0 Å². The fraction of sp³-hybridized carbons (Fsp3) is 0.286. The fourth-order valence-electron chi connectivity index (χ4n) is 0.981. The maximum Gasteiger partial charge on any atom is 0.225 e. The van der Waals surface area contributed by atoms with Gasteiger partial charge in [0.1, 0.15) is 5.69 Å². The minimum Gasteiger partial charge on any atom is -0.480 e. The summed E-state index contributed by atoms with van der Waals surface area (Å²) in [7, 11) is 3.41. The molecule has 0 aliphatic carbocycles. The highest BCUT2D eigenvalue weighted by Crippen LogP contribution is 2.31. The van der Waals surface area contributed by atoms with E-state index in [-0.39, 0.29) is 0 Å². The molecular weight excluding hydrogens is 220 g/mol. The average Bonchev–Trinajstić information content (AvgIpc) is 2.85. The number of ether oxygens (including phenoxy) is 1. The lowest BCUT2D eigenvalue weighted by Gasteiger charge is -1.94. The molecule has 0 amide bonds. The van der Waals surface area contributed by atoms with Gasteiger partial charge in [0.2, 0.25) is 5.88 Å². The second-order valence-corrected chi connectivity index (χ2v) is 3.78. The van der Waals surface area contributed by atoms with Gasteiger partial charge in [0.15, 0.2) is 5.82 Å². The van der Waals surface area contributed by atoms with Crippen LogP contribution in [0.4, 0.5) is 5.82 Å². The highest BCUT2D eigenvalue weighted by atomic mass is 32.1. The Balaban J connectivity index is 2.38. The van der Waals surface area contributed by atoms with Crippen molar-refractivity contribution in [2.24, 2.45) is 0 Å². The molecule has 0 unspecified atom stereocenters. The van der Waals surface area contributed by atoms with Crippen LogP contribution in [0.5, 0.6) is 5.88 Å². The predicted octanol–water partition coefficient (Wildman–Crippen LogP) is 1.71. The first kappa shape index (κ1) is 9.35. The quantitative estimate of drug-likeness (QED) is 0.866. The number of rotatable bonds is 3. The third-order valence-electron chi connectivity index (χ3n) is 1.66. The van der Waals surface area contributed by atoms with Crippen LogP contribution in [0.25, 0.3) is 10.6 Å². The first-order valence-corrected chi connectivity index (χ1v) is 5.37. The van der Waals surface area contributed by atoms with Crippen LogP contribution in [0.3, 0.4) is 0 Å². The molecule has 2 rings (SSSR count). The van der Waals surface area contributed by atoms with E-state index in [1.54, 1.807) is 7.11 Å². The summed E-state index contributed by atoms with van der Waals surface area (Å²) in [6, 6.07) is 1.85. The van der Waals surface area contributed by atoms with E-state index in [0.29, 0.717) is 5.88 Å². The van der Waals surface area contributed by atoms with E-state index in [1.165, 1.54) is 23.3 Å². The summed E-state index contributed by atoms with van der Waals surface area (Å²) in [6.07, 6.45) is 0. The molecule has 2 aromatic rings. The third kappa shape index (κ3) is 1.55. The first-order chi connectivity index (χ1) is 6.85. The lowest BCUT2D eigenvalue weighted by Crippen LogP contribution is -1.89. The first-order valence-electron chi connectivity index (χ1n) is 3.86. The Morgan fingerprint density at radius 3 is 2.86 bits per heavy atom. The van der Waals surface area contributed by atoms with Crippen molar-refractivity contribution in [1.82, 2.24) is 13.1 Å². The summed E-state index contributed by atoms with van der Waals surface area (Å²) in [5.74, 6) is 1.39. The molecule has 2 heterocycles. The van der Waals surface area contributed by atoms with Gasteiger partial charge in [-0.25, -0.2) is 0 Å². The van der Waals surface area contributed by atoms with Crippen LogP contribution in [0.2, 0.25) is 0 Å². The van der Waals surface area contributed by atoms with Crippen molar-refractivity contribution in [1.29, 1.82) is 0 Å². The van der Waals surface area contributed by atoms with Gasteiger partial charge < -0.3 is 10.1 Å². The van der Waals surface area contributed by atoms with Gasteiger partial charge in [0.05, 0.1) is 23.7 Å². The van der Waals surface area contributed by atoms with Gasteiger partial charge in [-0.1, -0.05) is 0 Å². The van der Waals surface area contributed by atoms with Crippen LogP contribution >= 0.6 is 23.3 Å². The average molecular weight is 228 g/mol. The maximum atomic E-state index is 5.00. The predicted molar refractivity (Wildman–Crippen MR) is 57.1 cm³/mol. The van der Waals surface area contributed by atoms with Crippen LogP contribution < -0.4 is 10.1 Å².